The van der Waals surface area contributed by atoms with E-state index in [1.165, 1.54) is 0 Å². The van der Waals surface area contributed by atoms with Gasteiger partial charge in [0.1, 0.15) is 11.5 Å². The Labute approximate surface area is 197 Å². The number of carbonyl (C=O) groups is 1. The van der Waals surface area contributed by atoms with Crippen LogP contribution in [0.25, 0.3) is 10.9 Å². The van der Waals surface area contributed by atoms with Crippen LogP contribution in [0.15, 0.2) is 79.0 Å². The molecule has 5 nitrogen and oxygen atoms in total. The largest absolute Gasteiger partial charge is 0.457 e. The van der Waals surface area contributed by atoms with E-state index in [2.05, 4.69) is 11.1 Å². The Morgan fingerprint density at radius 1 is 1.00 bits per heavy atom. The van der Waals surface area contributed by atoms with E-state index >= 15 is 0 Å². The highest BCUT2D eigenvalue weighted by molar-refractivity contribution is 6.31. The molecule has 2 heterocycles. The van der Waals surface area contributed by atoms with Gasteiger partial charge in [0.25, 0.3) is 0 Å². The van der Waals surface area contributed by atoms with Gasteiger partial charge >= 0.3 is 0 Å². The SMILES string of the molecule is O=C(C[C@H](c1cccc(Oc2ccccc2)c1)c1c[nH]c2ccc(Cl)cc12)N1CCOCC1. The Hall–Kier alpha value is -3.28. The Bertz CT molecular complexity index is 1250. The van der Waals surface area contributed by atoms with Crippen LogP contribution in [0.1, 0.15) is 23.5 Å². The number of fused-ring (bicyclic) bond motifs is 1. The average Bonchev–Trinajstić information content (AvgIpc) is 3.26. The molecule has 5 rings (SSSR count). The first-order chi connectivity index (χ1) is 16.2. The summed E-state index contributed by atoms with van der Waals surface area (Å²) in [5, 5.41) is 1.69. The maximum absolute atomic E-state index is 13.3. The van der Waals surface area contributed by atoms with Crippen LogP contribution in [0.2, 0.25) is 5.02 Å². The minimum atomic E-state index is -0.146. The molecule has 4 aromatic rings. The molecule has 1 saturated heterocycles. The van der Waals surface area contributed by atoms with E-state index in [4.69, 9.17) is 21.1 Å². The summed E-state index contributed by atoms with van der Waals surface area (Å²) in [5.74, 6) is 1.48. The smallest absolute Gasteiger partial charge is 0.223 e. The van der Waals surface area contributed by atoms with Crippen molar-refractivity contribution in [2.24, 2.45) is 0 Å². The van der Waals surface area contributed by atoms with Crippen LogP contribution in [0.5, 0.6) is 11.5 Å². The first kappa shape index (κ1) is 21.6. The van der Waals surface area contributed by atoms with E-state index in [0.29, 0.717) is 37.7 Å². The van der Waals surface area contributed by atoms with Crippen LogP contribution in [0.3, 0.4) is 0 Å². The van der Waals surface area contributed by atoms with Gasteiger partial charge in [-0.25, -0.2) is 0 Å². The number of aromatic amines is 1. The Kier molecular flexibility index (Phi) is 6.33. The number of rotatable bonds is 6. The lowest BCUT2D eigenvalue weighted by Gasteiger charge is -2.29. The van der Waals surface area contributed by atoms with E-state index in [9.17, 15) is 4.79 Å². The second-order valence-electron chi connectivity index (χ2n) is 8.17. The van der Waals surface area contributed by atoms with Crippen LogP contribution >= 0.6 is 11.6 Å². The van der Waals surface area contributed by atoms with Crippen LogP contribution in [-0.2, 0) is 9.53 Å². The molecule has 0 radical (unpaired) electrons. The Balaban J connectivity index is 1.51. The number of aromatic nitrogens is 1. The van der Waals surface area contributed by atoms with Crippen molar-refractivity contribution in [1.82, 2.24) is 9.88 Å². The third kappa shape index (κ3) is 4.90. The van der Waals surface area contributed by atoms with Crippen molar-refractivity contribution in [3.05, 3.63) is 95.1 Å². The molecule has 0 aliphatic carbocycles. The van der Waals surface area contributed by atoms with Gasteiger partial charge in [-0.15, -0.1) is 0 Å². The molecule has 1 aromatic heterocycles. The number of halogens is 1. The van der Waals surface area contributed by atoms with Crippen molar-refractivity contribution < 1.29 is 14.3 Å². The number of para-hydroxylation sites is 1. The number of benzene rings is 3. The molecule has 0 spiro atoms. The van der Waals surface area contributed by atoms with Crippen LogP contribution in [-0.4, -0.2) is 42.1 Å². The van der Waals surface area contributed by atoms with Crippen LogP contribution < -0.4 is 4.74 Å². The number of morpholine rings is 1. The zero-order valence-corrected chi connectivity index (χ0v) is 18.9. The van der Waals surface area contributed by atoms with E-state index in [-0.39, 0.29) is 11.8 Å². The molecule has 3 aromatic carbocycles. The summed E-state index contributed by atoms with van der Waals surface area (Å²) in [4.78, 5) is 18.5. The minimum absolute atomic E-state index is 0.119. The van der Waals surface area contributed by atoms with Crippen LogP contribution in [0, 0.1) is 0 Å². The normalized spacial score (nSPS) is 14.9. The maximum atomic E-state index is 13.3. The van der Waals surface area contributed by atoms with E-state index < -0.39 is 0 Å². The van der Waals surface area contributed by atoms with Crippen molar-refractivity contribution in [1.29, 1.82) is 0 Å². The fraction of sp³-hybridized carbons (Fsp3) is 0.222. The lowest BCUT2D eigenvalue weighted by Crippen LogP contribution is -2.41. The predicted octanol–water partition coefficient (Wildman–Crippen LogP) is 5.99. The number of H-pyrrole nitrogens is 1. The van der Waals surface area contributed by atoms with Gasteiger partial charge in [-0.1, -0.05) is 41.9 Å². The third-order valence-corrected chi connectivity index (χ3v) is 6.27. The molecule has 1 aliphatic heterocycles. The van der Waals surface area contributed by atoms with Crippen molar-refractivity contribution >= 4 is 28.4 Å². The topological polar surface area (TPSA) is 54.6 Å². The van der Waals surface area contributed by atoms with Gasteiger partial charge in [-0.3, -0.25) is 4.79 Å². The highest BCUT2D eigenvalue weighted by Gasteiger charge is 2.26. The molecular weight excluding hydrogens is 436 g/mol. The van der Waals surface area contributed by atoms with Gasteiger partial charge in [0.15, 0.2) is 0 Å². The molecule has 0 saturated carbocycles. The van der Waals surface area contributed by atoms with Crippen molar-refractivity contribution in [3.8, 4) is 11.5 Å². The Morgan fingerprint density at radius 2 is 1.79 bits per heavy atom. The third-order valence-electron chi connectivity index (χ3n) is 6.03. The Morgan fingerprint density at radius 3 is 2.61 bits per heavy atom. The summed E-state index contributed by atoms with van der Waals surface area (Å²) in [7, 11) is 0. The predicted molar refractivity (Wildman–Crippen MR) is 130 cm³/mol. The summed E-state index contributed by atoms with van der Waals surface area (Å²) in [6.07, 6.45) is 2.34. The molecule has 168 valence electrons. The number of ether oxygens (including phenoxy) is 2. The molecule has 1 N–H and O–H groups in total. The number of nitrogens with zero attached hydrogens (tertiary/aromatic N) is 1. The second-order valence-corrected chi connectivity index (χ2v) is 8.61. The minimum Gasteiger partial charge on any atom is -0.457 e. The summed E-state index contributed by atoms with van der Waals surface area (Å²) in [6, 6.07) is 23.5. The summed E-state index contributed by atoms with van der Waals surface area (Å²) in [6.45, 7) is 2.42. The monoisotopic (exact) mass is 460 g/mol. The standard InChI is InChI=1S/C27H25ClN2O3/c28-20-9-10-26-24(16-20)25(18-29-26)23(17-27(31)30-11-13-32-14-12-30)19-5-4-8-22(15-19)33-21-6-2-1-3-7-21/h1-10,15-16,18,23,29H,11-14,17H2/t23-/m1/s1. The zero-order chi connectivity index (χ0) is 22.6. The zero-order valence-electron chi connectivity index (χ0n) is 18.2. The van der Waals surface area contributed by atoms with Crippen LogP contribution in [0.4, 0.5) is 0 Å². The van der Waals surface area contributed by atoms with Gasteiger partial charge in [-0.2, -0.15) is 0 Å². The molecule has 0 bridgehead atoms. The molecule has 1 aliphatic rings. The number of carbonyl (C=O) groups excluding carboxylic acids is 1. The quantitative estimate of drug-likeness (QED) is 0.384. The number of hydrogen-bond acceptors (Lipinski definition) is 3. The van der Waals surface area contributed by atoms with Gasteiger partial charge in [0.2, 0.25) is 5.91 Å². The van der Waals surface area contributed by atoms with Crippen molar-refractivity contribution in [2.45, 2.75) is 12.3 Å². The summed E-state index contributed by atoms with van der Waals surface area (Å²) < 4.78 is 11.5. The average molecular weight is 461 g/mol. The van der Waals surface area contributed by atoms with Crippen molar-refractivity contribution in [2.75, 3.05) is 26.3 Å². The van der Waals surface area contributed by atoms with Crippen molar-refractivity contribution in [3.63, 3.8) is 0 Å². The highest BCUT2D eigenvalue weighted by Crippen LogP contribution is 2.37. The maximum Gasteiger partial charge on any atom is 0.223 e. The van der Waals surface area contributed by atoms with Gasteiger partial charge in [0, 0.05) is 47.6 Å². The number of hydrogen-bond donors (Lipinski definition) is 1. The molecule has 1 amide bonds. The lowest BCUT2D eigenvalue weighted by atomic mass is 9.87. The van der Waals surface area contributed by atoms with E-state index in [1.807, 2.05) is 77.8 Å². The van der Waals surface area contributed by atoms with Gasteiger partial charge < -0.3 is 19.4 Å². The summed E-state index contributed by atoms with van der Waals surface area (Å²) in [5.41, 5.74) is 3.06. The molecule has 6 heteroatoms. The summed E-state index contributed by atoms with van der Waals surface area (Å²) >= 11 is 6.32. The molecule has 33 heavy (non-hydrogen) atoms. The van der Waals surface area contributed by atoms with Gasteiger partial charge in [0.05, 0.1) is 13.2 Å². The second kappa shape index (κ2) is 9.69. The molecular formula is C27H25ClN2O3. The fourth-order valence-electron chi connectivity index (χ4n) is 4.35. The van der Waals surface area contributed by atoms with E-state index in [0.717, 1.165) is 33.5 Å². The molecule has 0 unspecified atom stereocenters. The number of amides is 1. The highest BCUT2D eigenvalue weighted by atomic mass is 35.5. The first-order valence-corrected chi connectivity index (χ1v) is 11.5. The van der Waals surface area contributed by atoms with Gasteiger partial charge in [-0.05, 0) is 53.6 Å². The first-order valence-electron chi connectivity index (χ1n) is 11.1. The lowest BCUT2D eigenvalue weighted by molar-refractivity contribution is -0.135. The fourth-order valence-corrected chi connectivity index (χ4v) is 4.52. The molecule has 1 atom stereocenters. The molecule has 1 fully saturated rings. The van der Waals surface area contributed by atoms with E-state index in [1.54, 1.807) is 0 Å². The number of nitrogens with one attached hydrogen (secondary N) is 1.